The van der Waals surface area contributed by atoms with Gasteiger partial charge in [0.1, 0.15) is 13.2 Å². The van der Waals surface area contributed by atoms with E-state index in [2.05, 4.69) is 204 Å². The van der Waals surface area contributed by atoms with E-state index in [-0.39, 0.29) is 111 Å². The normalized spacial score (nSPS) is 11.0. The van der Waals surface area contributed by atoms with Crippen LogP contribution < -0.4 is 20.4 Å². The molecule has 17 heteroatoms. The van der Waals surface area contributed by atoms with Crippen molar-refractivity contribution in [1.82, 2.24) is 10.6 Å². The summed E-state index contributed by atoms with van der Waals surface area (Å²) < 4.78 is 28.6. The number of alkyl carbamates (subject to hydrolysis) is 2. The quantitative estimate of drug-likeness (QED) is 0.0225. The first-order valence-electron chi connectivity index (χ1n) is 27.3. The standard InChI is InChI=1S/C64H73N4O7S2Si.3Y/c1-7-13-39-65-63(69)71-43-41-67(8-2)55-25-15-49(16-26-55)19-29-57-33-35-59(76-57)31-21-51-23-37-61-53(46-51)48-54-47-52(24-38-62(54)61)22-32-60-36-34-58(77-60)30-20-50-17-27-56(28-18-50)68(9-3)42-44-72-64(70)66-40-14-45-78(73-10-4,74-11-5)75-12-6;;;/h15-20,23-30,33-38,46-48H,7-14,39-45H2,1-6H3,(H,65,69)(H,66,70);;;/q-1;;;/b29-19+,30-20+;;;. The molecule has 2 aromatic heterocycles. The number of thiophene rings is 2. The van der Waals surface area contributed by atoms with Crippen LogP contribution >= 0.6 is 22.7 Å². The van der Waals surface area contributed by atoms with Crippen molar-refractivity contribution in [2.45, 2.75) is 66.8 Å². The van der Waals surface area contributed by atoms with E-state index in [1.165, 1.54) is 10.8 Å². The summed E-state index contributed by atoms with van der Waals surface area (Å²) in [7, 11) is -2.74. The Bertz CT molecular complexity index is 3210. The Morgan fingerprint density at radius 3 is 1.38 bits per heavy atom. The molecule has 0 saturated carbocycles. The summed E-state index contributed by atoms with van der Waals surface area (Å²) in [4.78, 5) is 33.0. The molecule has 7 rings (SSSR count). The van der Waals surface area contributed by atoms with E-state index >= 15 is 0 Å². The van der Waals surface area contributed by atoms with Gasteiger partial charge in [-0.3, -0.25) is 0 Å². The van der Waals surface area contributed by atoms with E-state index in [0.29, 0.717) is 65.1 Å². The summed E-state index contributed by atoms with van der Waals surface area (Å²) in [5.41, 5.74) is 6.32. The number of fused-ring (bicyclic) bond motifs is 3. The maximum Gasteiger partial charge on any atom is 0.500 e. The van der Waals surface area contributed by atoms with E-state index < -0.39 is 14.9 Å². The Morgan fingerprint density at radius 1 is 0.543 bits per heavy atom. The van der Waals surface area contributed by atoms with Crippen molar-refractivity contribution in [1.29, 1.82) is 0 Å². The number of likely N-dealkylation sites (N-methyl/N-ethyl adjacent to an activating group) is 2. The molecule has 0 aliphatic carbocycles. The van der Waals surface area contributed by atoms with E-state index in [1.54, 1.807) is 22.7 Å². The number of amides is 2. The van der Waals surface area contributed by atoms with Gasteiger partial charge in [0.05, 0.1) is 22.8 Å². The largest absolute Gasteiger partial charge is 0.500 e. The second-order valence-electron chi connectivity index (χ2n) is 18.2. The molecule has 81 heavy (non-hydrogen) atoms. The van der Waals surface area contributed by atoms with E-state index in [0.717, 1.165) is 89.8 Å². The SMILES string of the molecule is CCCCNC(=O)OCCN(CC)c1ccc(/C=C/c2ccc(C#Cc3ccc4c(c3)[cH-]c3cc(C#Cc5ccc(/C=C/c6ccc(N(CC)CCOC(=O)NCCC[Si](OCC)(OCC)OCC)cc6)s5)ccc34)s2)cc1.[Y].[Y].[Y]. The van der Waals surface area contributed by atoms with Gasteiger partial charge in [0, 0.05) is 171 Å². The Kier molecular flexibility index (Phi) is 32.4. The third-order valence-electron chi connectivity index (χ3n) is 12.8. The predicted octanol–water partition coefficient (Wildman–Crippen LogP) is 14.3. The Balaban J connectivity index is 0.00000470. The number of carbonyl (C=O) groups excluding carboxylic acids is 2. The molecular weight excluding hydrogens is 1300 g/mol. The molecule has 0 unspecified atom stereocenters. The fourth-order valence-corrected chi connectivity index (χ4v) is 13.0. The minimum absolute atomic E-state index is 0. The van der Waals surface area contributed by atoms with Gasteiger partial charge in [-0.05, 0) is 130 Å². The van der Waals surface area contributed by atoms with Gasteiger partial charge in [-0.25, -0.2) is 9.59 Å². The monoisotopic (exact) mass is 1370 g/mol. The average molecular weight is 1370 g/mol. The second kappa shape index (κ2) is 37.6. The van der Waals surface area contributed by atoms with Gasteiger partial charge in [0.2, 0.25) is 0 Å². The molecule has 0 aliphatic rings. The van der Waals surface area contributed by atoms with Crippen LogP contribution in [0.15, 0.2) is 115 Å². The van der Waals surface area contributed by atoms with E-state index in [1.807, 2.05) is 20.8 Å². The number of nitrogens with zero attached hydrogens (tertiary/aromatic N) is 2. The van der Waals surface area contributed by atoms with Crippen LogP contribution in [0.3, 0.4) is 0 Å². The zero-order chi connectivity index (χ0) is 55.0. The number of hydrogen-bond acceptors (Lipinski definition) is 11. The van der Waals surface area contributed by atoms with E-state index in [4.69, 9.17) is 22.8 Å². The molecule has 0 fully saturated rings. The molecule has 2 N–H and O–H groups in total. The number of rotatable bonds is 27. The third-order valence-corrected chi connectivity index (χ3v) is 17.9. The molecule has 7 aromatic rings. The molecule has 0 spiro atoms. The fourth-order valence-electron chi connectivity index (χ4n) is 8.82. The number of ether oxygens (including phenoxy) is 2. The first kappa shape index (κ1) is 69.8. The first-order valence-corrected chi connectivity index (χ1v) is 30.9. The van der Waals surface area contributed by atoms with Gasteiger partial charge < -0.3 is 43.2 Å². The fraction of sp³-hybridized carbons (Fsp3) is 0.328. The van der Waals surface area contributed by atoms with Crippen LogP contribution in [0.25, 0.3) is 45.8 Å². The summed E-state index contributed by atoms with van der Waals surface area (Å²) in [6, 6.07) is 41.0. The summed E-state index contributed by atoms with van der Waals surface area (Å²) in [6.07, 6.45) is 10.4. The number of carbonyl (C=O) groups is 2. The molecule has 0 atom stereocenters. The van der Waals surface area contributed by atoms with Crippen molar-refractivity contribution in [3.8, 4) is 23.7 Å². The molecule has 11 nitrogen and oxygen atoms in total. The minimum atomic E-state index is -2.74. The van der Waals surface area contributed by atoms with Crippen LogP contribution in [0.1, 0.15) is 103 Å². The van der Waals surface area contributed by atoms with Gasteiger partial charge in [0.25, 0.3) is 0 Å². The molecule has 2 heterocycles. The van der Waals surface area contributed by atoms with Crippen molar-refractivity contribution >= 4 is 101 Å². The zero-order valence-electron chi connectivity index (χ0n) is 47.7. The van der Waals surface area contributed by atoms with Crippen molar-refractivity contribution < 1.29 is 130 Å². The van der Waals surface area contributed by atoms with Gasteiger partial charge in [-0.15, -0.1) is 62.4 Å². The molecule has 5 aromatic carbocycles. The van der Waals surface area contributed by atoms with Gasteiger partial charge in [0.15, 0.2) is 0 Å². The molecule has 3 radical (unpaired) electrons. The molecular formula is C64H73N4O7S2SiY3-. The van der Waals surface area contributed by atoms with Crippen molar-refractivity contribution in [3.63, 3.8) is 0 Å². The van der Waals surface area contributed by atoms with Gasteiger partial charge in [-0.2, -0.15) is 0 Å². The van der Waals surface area contributed by atoms with Crippen LogP contribution in [-0.4, -0.2) is 93.3 Å². The smallest absolute Gasteiger partial charge is 0.448 e. The van der Waals surface area contributed by atoms with Gasteiger partial charge >= 0.3 is 21.0 Å². The number of anilines is 2. The van der Waals surface area contributed by atoms with Crippen LogP contribution in [0.4, 0.5) is 21.0 Å². The number of nitrogens with one attached hydrogen (secondary N) is 2. The predicted molar refractivity (Wildman–Crippen MR) is 328 cm³/mol. The Labute approximate surface area is 565 Å². The number of hydrogen-bond donors (Lipinski definition) is 2. The number of unbranched alkanes of at least 4 members (excludes halogenated alkanes) is 1. The minimum Gasteiger partial charge on any atom is -0.448 e. The summed E-state index contributed by atoms with van der Waals surface area (Å²) in [5, 5.41) is 10.4. The molecule has 0 bridgehead atoms. The molecule has 0 saturated heterocycles. The summed E-state index contributed by atoms with van der Waals surface area (Å²) in [5.74, 6) is 13.6. The van der Waals surface area contributed by atoms with Crippen molar-refractivity contribution in [3.05, 3.63) is 157 Å². The third kappa shape index (κ3) is 22.3. The first-order chi connectivity index (χ1) is 38.1. The maximum atomic E-state index is 12.4. The van der Waals surface area contributed by atoms with Crippen LogP contribution in [-0.2, 0) is 121 Å². The van der Waals surface area contributed by atoms with Crippen LogP contribution in [0, 0.1) is 23.7 Å². The molecule has 0 aliphatic heterocycles. The number of benzene rings is 4. The Morgan fingerprint density at radius 2 is 0.975 bits per heavy atom. The summed E-state index contributed by atoms with van der Waals surface area (Å²) in [6.45, 7) is 18.2. The zero-order valence-corrected chi connectivity index (χ0v) is 58.8. The Hall–Kier alpha value is -3.70. The van der Waals surface area contributed by atoms with Gasteiger partial charge in [-0.1, -0.05) is 97.7 Å². The molecule has 2 amide bonds. The van der Waals surface area contributed by atoms with Crippen molar-refractivity contribution in [2.75, 3.05) is 82.1 Å². The molecule has 417 valence electrons. The maximum absolute atomic E-state index is 12.4. The van der Waals surface area contributed by atoms with Crippen molar-refractivity contribution in [2.24, 2.45) is 0 Å². The van der Waals surface area contributed by atoms with Crippen LogP contribution in [0.2, 0.25) is 6.04 Å². The second-order valence-corrected chi connectivity index (χ2v) is 23.2. The topological polar surface area (TPSA) is 111 Å². The van der Waals surface area contributed by atoms with Crippen LogP contribution in [0.5, 0.6) is 0 Å². The van der Waals surface area contributed by atoms with E-state index in [9.17, 15) is 9.59 Å². The summed E-state index contributed by atoms with van der Waals surface area (Å²) >= 11 is 3.34. The average Bonchev–Trinajstić information content (AvgIpc) is 4.21.